The average Bonchev–Trinajstić information content (AvgIpc) is 3.33. The van der Waals surface area contributed by atoms with Crippen LogP contribution in [0, 0.1) is 52.3 Å². The third-order valence-corrected chi connectivity index (χ3v) is 13.0. The van der Waals surface area contributed by atoms with Gasteiger partial charge < -0.3 is 19.7 Å². The molecule has 7 nitrogen and oxygen atoms in total. The number of nitrogens with zero attached hydrogens (tertiary/aromatic N) is 1. The molecule has 4 aliphatic carbocycles. The maximum absolute atomic E-state index is 14.3. The minimum Gasteiger partial charge on any atom is -0.353 e. The van der Waals surface area contributed by atoms with Crippen molar-refractivity contribution in [1.29, 1.82) is 0 Å². The van der Waals surface area contributed by atoms with Crippen molar-refractivity contribution in [2.24, 2.45) is 52.3 Å². The number of ketones is 1. The second kappa shape index (κ2) is 9.54. The average molecular weight is 543 g/mol. The van der Waals surface area contributed by atoms with Gasteiger partial charge in [-0.15, -0.1) is 0 Å². The molecule has 2 heterocycles. The molecule has 0 aromatic rings. The molecule has 2 saturated heterocycles. The van der Waals surface area contributed by atoms with E-state index in [-0.39, 0.29) is 53.0 Å². The van der Waals surface area contributed by atoms with Crippen LogP contribution >= 0.6 is 0 Å². The van der Waals surface area contributed by atoms with Gasteiger partial charge in [-0.05, 0) is 80.0 Å². The highest BCUT2D eigenvalue weighted by Crippen LogP contribution is 2.70. The van der Waals surface area contributed by atoms with Gasteiger partial charge >= 0.3 is 0 Å². The summed E-state index contributed by atoms with van der Waals surface area (Å²) in [4.78, 5) is 40.2. The van der Waals surface area contributed by atoms with E-state index in [9.17, 15) is 14.4 Å². The first-order valence-electron chi connectivity index (χ1n) is 15.7. The van der Waals surface area contributed by atoms with E-state index in [1.165, 1.54) is 11.3 Å². The Hall–Kier alpha value is -1.47. The van der Waals surface area contributed by atoms with E-state index in [4.69, 9.17) is 9.47 Å². The second-order valence-corrected chi connectivity index (χ2v) is 15.0. The van der Waals surface area contributed by atoms with Crippen molar-refractivity contribution in [3.8, 4) is 0 Å². The number of hydrogen-bond acceptors (Lipinski definition) is 5. The summed E-state index contributed by atoms with van der Waals surface area (Å²) in [5.74, 6) is 2.63. The number of amides is 2. The number of ether oxygens (including phenoxy) is 2. The number of hydrogen-bond donors (Lipinski definition) is 1. The third kappa shape index (κ3) is 4.14. The van der Waals surface area contributed by atoms with Crippen molar-refractivity contribution < 1.29 is 23.9 Å². The molecule has 39 heavy (non-hydrogen) atoms. The molecule has 6 rings (SSSR count). The molecule has 1 N–H and O–H groups in total. The van der Waals surface area contributed by atoms with Gasteiger partial charge in [-0.3, -0.25) is 14.4 Å². The number of Topliss-reactive ketones (excluding diaryl/α,β-unsaturated/α-hetero) is 1. The van der Waals surface area contributed by atoms with E-state index >= 15 is 0 Å². The third-order valence-electron chi connectivity index (χ3n) is 13.0. The number of nitrogens with one attached hydrogen (secondary N) is 1. The van der Waals surface area contributed by atoms with Crippen LogP contribution in [0.25, 0.3) is 0 Å². The molecule has 7 heteroatoms. The van der Waals surface area contributed by atoms with Crippen LogP contribution in [0.3, 0.4) is 0 Å². The van der Waals surface area contributed by atoms with Crippen LogP contribution in [0.4, 0.5) is 0 Å². The summed E-state index contributed by atoms with van der Waals surface area (Å²) in [6, 6.07) is 0.126. The lowest BCUT2D eigenvalue weighted by atomic mass is 9.44. The molecule has 2 amide bonds. The van der Waals surface area contributed by atoms with Gasteiger partial charge in [0.2, 0.25) is 11.8 Å². The van der Waals surface area contributed by atoms with Crippen LogP contribution in [0.5, 0.6) is 0 Å². The van der Waals surface area contributed by atoms with Crippen molar-refractivity contribution in [3.05, 3.63) is 0 Å². The Morgan fingerprint density at radius 2 is 1.79 bits per heavy atom. The molecule has 0 aromatic carbocycles. The Labute approximate surface area is 234 Å². The summed E-state index contributed by atoms with van der Waals surface area (Å²) in [7, 11) is 3.37. The van der Waals surface area contributed by atoms with Crippen LogP contribution in [-0.4, -0.2) is 61.1 Å². The van der Waals surface area contributed by atoms with Crippen molar-refractivity contribution in [3.63, 3.8) is 0 Å². The van der Waals surface area contributed by atoms with Crippen molar-refractivity contribution in [2.75, 3.05) is 20.7 Å². The summed E-state index contributed by atoms with van der Waals surface area (Å²) in [6.45, 7) is 10.0. The van der Waals surface area contributed by atoms with E-state index in [1.807, 2.05) is 0 Å². The van der Waals surface area contributed by atoms with Crippen molar-refractivity contribution in [1.82, 2.24) is 10.2 Å². The van der Waals surface area contributed by atoms with Crippen LogP contribution in [0.15, 0.2) is 0 Å². The smallest absolute Gasteiger partial charge is 0.231 e. The first kappa shape index (κ1) is 27.7. The fourth-order valence-corrected chi connectivity index (χ4v) is 10.7. The molecule has 6 fully saturated rings. The van der Waals surface area contributed by atoms with Crippen LogP contribution in [0.1, 0.15) is 91.9 Å². The minimum absolute atomic E-state index is 0.0842. The molecule has 0 unspecified atom stereocenters. The van der Waals surface area contributed by atoms with Gasteiger partial charge in [-0.2, -0.15) is 0 Å². The van der Waals surface area contributed by atoms with Crippen LogP contribution < -0.4 is 5.32 Å². The van der Waals surface area contributed by atoms with Crippen LogP contribution in [-0.2, 0) is 23.9 Å². The monoisotopic (exact) mass is 542 g/mol. The van der Waals surface area contributed by atoms with Gasteiger partial charge in [0, 0.05) is 50.2 Å². The van der Waals surface area contributed by atoms with E-state index in [0.29, 0.717) is 41.8 Å². The lowest BCUT2D eigenvalue weighted by Crippen LogP contribution is -2.59. The van der Waals surface area contributed by atoms with Gasteiger partial charge in [0.1, 0.15) is 12.2 Å². The minimum atomic E-state index is -0.490. The van der Waals surface area contributed by atoms with E-state index in [1.54, 1.807) is 14.1 Å². The first-order chi connectivity index (χ1) is 18.4. The summed E-state index contributed by atoms with van der Waals surface area (Å²) < 4.78 is 13.3. The highest BCUT2D eigenvalue weighted by molar-refractivity contribution is 5.96. The fraction of sp³-hybridized carbons (Fsp3) is 0.906. The number of carbonyl (C=O) groups excluding carboxylic acids is 3. The summed E-state index contributed by atoms with van der Waals surface area (Å²) in [5.41, 5.74) is -0.177. The Bertz CT molecular complexity index is 1020. The first-order valence-corrected chi connectivity index (χ1v) is 15.7. The van der Waals surface area contributed by atoms with Gasteiger partial charge in [0.15, 0.2) is 5.79 Å². The predicted molar refractivity (Wildman–Crippen MR) is 147 cm³/mol. The molecular weight excluding hydrogens is 492 g/mol. The second-order valence-electron chi connectivity index (χ2n) is 15.0. The lowest BCUT2D eigenvalue weighted by molar-refractivity contribution is -0.272. The summed E-state index contributed by atoms with van der Waals surface area (Å²) in [5, 5.41) is 3.16. The van der Waals surface area contributed by atoms with E-state index < -0.39 is 5.79 Å². The quantitative estimate of drug-likeness (QED) is 0.528. The largest absolute Gasteiger partial charge is 0.353 e. The zero-order chi connectivity index (χ0) is 27.9. The summed E-state index contributed by atoms with van der Waals surface area (Å²) in [6.07, 6.45) is 9.09. The number of carbonyl (C=O) groups is 3. The Balaban J connectivity index is 1.16. The zero-order valence-corrected chi connectivity index (χ0v) is 25.0. The highest BCUT2D eigenvalue weighted by Gasteiger charge is 2.71. The molecular formula is C32H50N2O5. The van der Waals surface area contributed by atoms with Crippen molar-refractivity contribution in [2.45, 2.75) is 110 Å². The highest BCUT2D eigenvalue weighted by atomic mass is 16.7. The van der Waals surface area contributed by atoms with E-state index in [0.717, 1.165) is 51.6 Å². The molecule has 12 atom stereocenters. The Kier molecular flexibility index (Phi) is 6.77. The lowest BCUT2D eigenvalue weighted by Gasteiger charge is -2.60. The SMILES string of the molecule is C[C@@H]1CC[C@@]2(OC1)O[C@H]1C[C@H]3[C@@H]4CC[C@H]5C[C@H](NC(=O)CC(=O)N(C)C)CC[C@]5(C)[C@H]4CC(=O)[C@]3(C)[C@H]1[C@@H]2C. The van der Waals surface area contributed by atoms with Gasteiger partial charge in [0.05, 0.1) is 12.7 Å². The molecule has 2 aliphatic heterocycles. The zero-order valence-electron chi connectivity index (χ0n) is 25.0. The predicted octanol–water partition coefficient (Wildman–Crippen LogP) is 4.58. The van der Waals surface area contributed by atoms with Crippen molar-refractivity contribution >= 4 is 17.6 Å². The molecule has 6 aliphatic rings. The molecule has 4 saturated carbocycles. The molecule has 1 spiro atoms. The number of fused-ring (bicyclic) bond motifs is 7. The molecule has 0 radical (unpaired) electrons. The molecule has 0 aromatic heterocycles. The van der Waals surface area contributed by atoms with Gasteiger partial charge in [0.25, 0.3) is 0 Å². The van der Waals surface area contributed by atoms with Gasteiger partial charge in [-0.1, -0.05) is 27.7 Å². The maximum Gasteiger partial charge on any atom is 0.231 e. The maximum atomic E-state index is 14.3. The fourth-order valence-electron chi connectivity index (χ4n) is 10.7. The normalized spacial score (nSPS) is 50.5. The van der Waals surface area contributed by atoms with Crippen LogP contribution in [0.2, 0.25) is 0 Å². The Morgan fingerprint density at radius 3 is 2.49 bits per heavy atom. The van der Waals surface area contributed by atoms with E-state index in [2.05, 4.69) is 33.0 Å². The summed E-state index contributed by atoms with van der Waals surface area (Å²) >= 11 is 0. The topological polar surface area (TPSA) is 84.9 Å². The standard InChI is InChI=1S/C32H50N2O5/c1-18-9-12-32(38-17-18)19(2)29-25(39-32)14-24-22-8-7-20-13-21(33-27(36)16-28(37)34(5)6)10-11-30(20,3)23(22)15-26(35)31(24,29)4/h18-25,29H,7-17H2,1-6H3,(H,33,36)/t18-,19+,20+,21-,22-,23+,24+,25+,29+,30+,31-,32-/m1/s1. The van der Waals surface area contributed by atoms with Gasteiger partial charge in [-0.25, -0.2) is 0 Å². The molecule has 0 bridgehead atoms. The Morgan fingerprint density at radius 1 is 1.03 bits per heavy atom. The molecule has 218 valence electrons. The number of rotatable bonds is 3.